The lowest BCUT2D eigenvalue weighted by molar-refractivity contribution is -0.107. The van der Waals surface area contributed by atoms with Crippen LogP contribution in [0.15, 0.2) is 0 Å². The molecule has 2 unspecified atom stereocenters. The molecule has 0 aromatic carbocycles. The third kappa shape index (κ3) is 20.2. The molecule has 0 aliphatic heterocycles. The number of unbranched alkanes of at least 4 members (excludes halogenated alkanes) is 11. The molecule has 4 nitrogen and oxygen atoms in total. The standard InChI is InChI=1S/C22H46O4/c1-3-5-7-11-15-19-25-21(23)17-13-9-10-14-18-22(24)26-20-16-12-8-6-4-2/h21-24H,3-20H2,1-2H3. The third-order valence-corrected chi connectivity index (χ3v) is 4.77. The lowest BCUT2D eigenvalue weighted by atomic mass is 10.1. The van der Waals surface area contributed by atoms with E-state index in [9.17, 15) is 10.2 Å². The summed E-state index contributed by atoms with van der Waals surface area (Å²) in [5, 5.41) is 19.6. The second-order valence-corrected chi connectivity index (χ2v) is 7.47. The first kappa shape index (κ1) is 25.8. The molecular weight excluding hydrogens is 328 g/mol. The Morgan fingerprint density at radius 3 is 1.23 bits per heavy atom. The molecule has 0 aliphatic rings. The SMILES string of the molecule is CCCCCCCOC(O)CCCCCCC(O)OCCCCCCC. The van der Waals surface area contributed by atoms with E-state index < -0.39 is 12.6 Å². The Balaban J connectivity index is 3.25. The lowest BCUT2D eigenvalue weighted by Gasteiger charge is -2.13. The van der Waals surface area contributed by atoms with Crippen LogP contribution < -0.4 is 0 Å². The zero-order valence-corrected chi connectivity index (χ0v) is 17.6. The zero-order valence-electron chi connectivity index (χ0n) is 17.6. The second kappa shape index (κ2) is 21.1. The van der Waals surface area contributed by atoms with E-state index in [0.717, 1.165) is 38.5 Å². The number of aliphatic hydroxyl groups is 2. The van der Waals surface area contributed by atoms with Crippen molar-refractivity contribution < 1.29 is 19.7 Å². The van der Waals surface area contributed by atoms with Gasteiger partial charge in [-0.25, -0.2) is 0 Å². The highest BCUT2D eigenvalue weighted by molar-refractivity contribution is 4.51. The van der Waals surface area contributed by atoms with Gasteiger partial charge in [0.1, 0.15) is 0 Å². The largest absolute Gasteiger partial charge is 0.368 e. The maximum absolute atomic E-state index is 9.79. The van der Waals surface area contributed by atoms with E-state index in [-0.39, 0.29) is 0 Å². The van der Waals surface area contributed by atoms with Crippen LogP contribution >= 0.6 is 0 Å². The fourth-order valence-corrected chi connectivity index (χ4v) is 3.01. The van der Waals surface area contributed by atoms with Crippen LogP contribution in [0.5, 0.6) is 0 Å². The maximum Gasteiger partial charge on any atom is 0.154 e. The molecule has 0 radical (unpaired) electrons. The molecule has 0 aromatic heterocycles. The molecule has 0 saturated heterocycles. The Hall–Kier alpha value is -0.160. The topological polar surface area (TPSA) is 58.9 Å². The van der Waals surface area contributed by atoms with Crippen molar-refractivity contribution >= 4 is 0 Å². The van der Waals surface area contributed by atoms with E-state index in [2.05, 4.69) is 13.8 Å². The van der Waals surface area contributed by atoms with Crippen LogP contribution in [0.4, 0.5) is 0 Å². The summed E-state index contributed by atoms with van der Waals surface area (Å²) >= 11 is 0. The molecule has 0 heterocycles. The Labute approximate surface area is 162 Å². The summed E-state index contributed by atoms with van der Waals surface area (Å²) in [6.07, 6.45) is 16.4. The van der Waals surface area contributed by atoms with Gasteiger partial charge in [0.15, 0.2) is 12.6 Å². The first-order chi connectivity index (χ1) is 12.7. The monoisotopic (exact) mass is 374 g/mol. The van der Waals surface area contributed by atoms with Crippen LogP contribution in [0.1, 0.15) is 117 Å². The van der Waals surface area contributed by atoms with E-state index in [4.69, 9.17) is 9.47 Å². The average Bonchev–Trinajstić information content (AvgIpc) is 2.63. The summed E-state index contributed by atoms with van der Waals surface area (Å²) in [5.74, 6) is 0. The van der Waals surface area contributed by atoms with Gasteiger partial charge in [0.05, 0.1) is 0 Å². The summed E-state index contributed by atoms with van der Waals surface area (Å²) in [6, 6.07) is 0. The minimum Gasteiger partial charge on any atom is -0.368 e. The quantitative estimate of drug-likeness (QED) is 0.193. The number of rotatable bonds is 21. The molecule has 26 heavy (non-hydrogen) atoms. The average molecular weight is 375 g/mol. The van der Waals surface area contributed by atoms with Crippen LogP contribution in [0, 0.1) is 0 Å². The van der Waals surface area contributed by atoms with Gasteiger partial charge < -0.3 is 19.7 Å². The molecule has 0 fully saturated rings. The number of aliphatic hydroxyl groups excluding tert-OH is 2. The normalized spacial score (nSPS) is 13.8. The first-order valence-corrected chi connectivity index (χ1v) is 11.3. The predicted octanol–water partition coefficient (Wildman–Crippen LogP) is 5.94. The highest BCUT2D eigenvalue weighted by atomic mass is 16.6. The molecule has 158 valence electrons. The molecule has 0 rings (SSSR count). The fraction of sp³-hybridized carbons (Fsp3) is 1.00. The third-order valence-electron chi connectivity index (χ3n) is 4.77. The fourth-order valence-electron chi connectivity index (χ4n) is 3.01. The summed E-state index contributed by atoms with van der Waals surface area (Å²) in [7, 11) is 0. The van der Waals surface area contributed by atoms with E-state index >= 15 is 0 Å². The van der Waals surface area contributed by atoms with Crippen LogP contribution in [-0.4, -0.2) is 36.0 Å². The summed E-state index contributed by atoms with van der Waals surface area (Å²) in [4.78, 5) is 0. The minimum absolute atomic E-state index is 0.609. The maximum atomic E-state index is 9.79. The number of hydrogen-bond acceptors (Lipinski definition) is 4. The van der Waals surface area contributed by atoms with E-state index in [0.29, 0.717) is 26.1 Å². The van der Waals surface area contributed by atoms with E-state index in [1.165, 1.54) is 51.4 Å². The van der Waals surface area contributed by atoms with Gasteiger partial charge in [0.2, 0.25) is 0 Å². The van der Waals surface area contributed by atoms with Crippen molar-refractivity contribution in [3.63, 3.8) is 0 Å². The summed E-state index contributed by atoms with van der Waals surface area (Å²) in [5.41, 5.74) is 0. The Bertz CT molecular complexity index is 235. The van der Waals surface area contributed by atoms with Crippen molar-refractivity contribution in [1.29, 1.82) is 0 Å². The molecule has 2 N–H and O–H groups in total. The van der Waals surface area contributed by atoms with Crippen LogP contribution in [0.3, 0.4) is 0 Å². The van der Waals surface area contributed by atoms with Crippen molar-refractivity contribution in [1.82, 2.24) is 0 Å². The molecule has 0 saturated carbocycles. The van der Waals surface area contributed by atoms with Crippen molar-refractivity contribution in [2.75, 3.05) is 13.2 Å². The van der Waals surface area contributed by atoms with Gasteiger partial charge in [-0.3, -0.25) is 0 Å². The number of hydrogen-bond donors (Lipinski definition) is 2. The molecule has 0 aliphatic carbocycles. The Morgan fingerprint density at radius 1 is 0.500 bits per heavy atom. The van der Waals surface area contributed by atoms with Gasteiger partial charge in [-0.2, -0.15) is 0 Å². The second-order valence-electron chi connectivity index (χ2n) is 7.47. The molecule has 4 heteroatoms. The first-order valence-electron chi connectivity index (χ1n) is 11.3. The van der Waals surface area contributed by atoms with Gasteiger partial charge in [0, 0.05) is 13.2 Å². The van der Waals surface area contributed by atoms with Crippen LogP contribution in [-0.2, 0) is 9.47 Å². The minimum atomic E-state index is -0.609. The molecule has 0 bridgehead atoms. The van der Waals surface area contributed by atoms with Crippen molar-refractivity contribution in [3.8, 4) is 0 Å². The smallest absolute Gasteiger partial charge is 0.154 e. The van der Waals surface area contributed by atoms with Gasteiger partial charge >= 0.3 is 0 Å². The molecule has 0 aromatic rings. The molecule has 2 atom stereocenters. The number of ether oxygens (including phenoxy) is 2. The Morgan fingerprint density at radius 2 is 0.846 bits per heavy atom. The molecular formula is C22H46O4. The van der Waals surface area contributed by atoms with Crippen molar-refractivity contribution in [2.45, 2.75) is 129 Å². The van der Waals surface area contributed by atoms with Gasteiger partial charge in [-0.15, -0.1) is 0 Å². The zero-order chi connectivity index (χ0) is 19.3. The molecule has 0 amide bonds. The summed E-state index contributed by atoms with van der Waals surface area (Å²) in [6.45, 7) is 5.77. The van der Waals surface area contributed by atoms with E-state index in [1.54, 1.807) is 0 Å². The van der Waals surface area contributed by atoms with Gasteiger partial charge in [-0.1, -0.05) is 78.1 Å². The van der Waals surface area contributed by atoms with Gasteiger partial charge in [0.25, 0.3) is 0 Å². The highest BCUT2D eigenvalue weighted by Crippen LogP contribution is 2.11. The lowest BCUT2D eigenvalue weighted by Crippen LogP contribution is -2.13. The Kier molecular flexibility index (Phi) is 21.0. The van der Waals surface area contributed by atoms with Crippen molar-refractivity contribution in [3.05, 3.63) is 0 Å². The van der Waals surface area contributed by atoms with Crippen molar-refractivity contribution in [2.24, 2.45) is 0 Å². The highest BCUT2D eigenvalue weighted by Gasteiger charge is 2.06. The van der Waals surface area contributed by atoms with Crippen LogP contribution in [0.25, 0.3) is 0 Å². The van der Waals surface area contributed by atoms with Gasteiger partial charge in [-0.05, 0) is 38.5 Å². The summed E-state index contributed by atoms with van der Waals surface area (Å²) < 4.78 is 10.9. The predicted molar refractivity (Wildman–Crippen MR) is 109 cm³/mol. The molecule has 0 spiro atoms. The van der Waals surface area contributed by atoms with Crippen LogP contribution in [0.2, 0.25) is 0 Å². The van der Waals surface area contributed by atoms with E-state index in [1.807, 2.05) is 0 Å².